The number of carbonyl (C=O) groups excluding carboxylic acids is 1. The molecule has 0 spiro atoms. The van der Waals surface area contributed by atoms with Crippen LogP contribution in [0.2, 0.25) is 0 Å². The van der Waals surface area contributed by atoms with Crippen molar-refractivity contribution in [3.63, 3.8) is 0 Å². The predicted molar refractivity (Wildman–Crippen MR) is 116 cm³/mol. The second kappa shape index (κ2) is 10.1. The van der Waals surface area contributed by atoms with E-state index in [4.69, 9.17) is 4.74 Å². The lowest BCUT2D eigenvalue weighted by atomic mass is 10.2. The van der Waals surface area contributed by atoms with Crippen molar-refractivity contribution < 1.29 is 9.53 Å². The highest BCUT2D eigenvalue weighted by molar-refractivity contribution is 5.89. The van der Waals surface area contributed by atoms with Gasteiger partial charge in [-0.05, 0) is 31.5 Å². The van der Waals surface area contributed by atoms with Crippen LogP contribution in [-0.2, 0) is 4.74 Å². The van der Waals surface area contributed by atoms with E-state index < -0.39 is 0 Å². The smallest absolute Gasteiger partial charge is 0.320 e. The number of unbranched alkanes of at least 4 members (excludes halogenated alkanes) is 1. The van der Waals surface area contributed by atoms with E-state index in [1.165, 1.54) is 0 Å². The summed E-state index contributed by atoms with van der Waals surface area (Å²) in [6.07, 6.45) is 3.71. The number of fused-ring (bicyclic) bond motifs is 1. The number of nitrogens with one attached hydrogen (secondary N) is 2. The topological polar surface area (TPSA) is 92.3 Å². The molecule has 30 heavy (non-hydrogen) atoms. The number of pyridine rings is 1. The molecule has 3 aromatic rings. The molecule has 0 atom stereocenters. The molecular weight excluding hydrogens is 380 g/mol. The summed E-state index contributed by atoms with van der Waals surface area (Å²) in [6, 6.07) is 13.1. The molecule has 1 aromatic carbocycles. The minimum absolute atomic E-state index is 0.264. The van der Waals surface area contributed by atoms with Crippen molar-refractivity contribution in [2.45, 2.75) is 12.8 Å². The van der Waals surface area contributed by atoms with Gasteiger partial charge in [-0.3, -0.25) is 15.2 Å². The van der Waals surface area contributed by atoms with Gasteiger partial charge in [0.05, 0.1) is 25.1 Å². The van der Waals surface area contributed by atoms with E-state index in [9.17, 15) is 4.79 Å². The summed E-state index contributed by atoms with van der Waals surface area (Å²) >= 11 is 0. The molecule has 3 heterocycles. The fraction of sp³-hybridized carbons (Fsp3) is 0.364. The van der Waals surface area contributed by atoms with Gasteiger partial charge in [-0.25, -0.2) is 14.8 Å². The molecule has 0 bridgehead atoms. The maximum Gasteiger partial charge on any atom is 0.320 e. The van der Waals surface area contributed by atoms with Crippen molar-refractivity contribution in [2.24, 2.45) is 0 Å². The number of amides is 2. The molecule has 1 aliphatic heterocycles. The summed E-state index contributed by atoms with van der Waals surface area (Å²) in [7, 11) is 0. The lowest BCUT2D eigenvalue weighted by molar-refractivity contribution is 0.0372. The van der Waals surface area contributed by atoms with Crippen LogP contribution < -0.4 is 10.6 Å². The molecule has 1 aliphatic rings. The van der Waals surface area contributed by atoms with Gasteiger partial charge in [0.2, 0.25) is 0 Å². The van der Waals surface area contributed by atoms with E-state index in [1.807, 2.05) is 36.4 Å². The number of morpholine rings is 1. The lowest BCUT2D eigenvalue weighted by Crippen LogP contribution is -2.37. The van der Waals surface area contributed by atoms with Crippen LogP contribution in [0.5, 0.6) is 0 Å². The van der Waals surface area contributed by atoms with Crippen molar-refractivity contribution >= 4 is 23.0 Å². The Morgan fingerprint density at radius 3 is 2.70 bits per heavy atom. The van der Waals surface area contributed by atoms with Gasteiger partial charge < -0.3 is 10.1 Å². The minimum Gasteiger partial charge on any atom is -0.379 e. The van der Waals surface area contributed by atoms with Crippen LogP contribution in [0.4, 0.5) is 10.6 Å². The van der Waals surface area contributed by atoms with Gasteiger partial charge in [0.1, 0.15) is 11.3 Å². The van der Waals surface area contributed by atoms with Crippen LogP contribution in [0.1, 0.15) is 12.8 Å². The zero-order chi connectivity index (χ0) is 20.6. The summed E-state index contributed by atoms with van der Waals surface area (Å²) in [5.74, 6) is 0.452. The molecule has 2 amide bonds. The molecule has 2 aromatic heterocycles. The summed E-state index contributed by atoms with van der Waals surface area (Å²) < 4.78 is 5.35. The van der Waals surface area contributed by atoms with E-state index in [0.29, 0.717) is 23.5 Å². The van der Waals surface area contributed by atoms with E-state index >= 15 is 0 Å². The van der Waals surface area contributed by atoms with E-state index in [-0.39, 0.29) is 6.03 Å². The molecule has 0 saturated carbocycles. The minimum atomic E-state index is -0.264. The number of nitrogens with zero attached hydrogens (tertiary/aromatic N) is 4. The Labute approximate surface area is 175 Å². The quantitative estimate of drug-likeness (QED) is 0.586. The first-order valence-corrected chi connectivity index (χ1v) is 10.3. The van der Waals surface area contributed by atoms with Gasteiger partial charge in [0, 0.05) is 25.2 Å². The lowest BCUT2D eigenvalue weighted by Gasteiger charge is -2.26. The van der Waals surface area contributed by atoms with Crippen LogP contribution in [0.15, 0.2) is 48.7 Å². The number of hydrogen-bond donors (Lipinski definition) is 2. The van der Waals surface area contributed by atoms with Crippen LogP contribution in [0.3, 0.4) is 0 Å². The van der Waals surface area contributed by atoms with Crippen LogP contribution in [0, 0.1) is 0 Å². The Bertz CT molecular complexity index is 976. The zero-order valence-corrected chi connectivity index (χ0v) is 16.9. The number of aromatic nitrogens is 3. The maximum absolute atomic E-state index is 12.2. The number of urea groups is 1. The van der Waals surface area contributed by atoms with Gasteiger partial charge in [-0.15, -0.1) is 0 Å². The van der Waals surface area contributed by atoms with Crippen molar-refractivity contribution in [1.82, 2.24) is 25.2 Å². The van der Waals surface area contributed by atoms with Gasteiger partial charge >= 0.3 is 6.03 Å². The van der Waals surface area contributed by atoms with Crippen molar-refractivity contribution in [1.29, 1.82) is 0 Å². The summed E-state index contributed by atoms with van der Waals surface area (Å²) in [4.78, 5) is 28.0. The summed E-state index contributed by atoms with van der Waals surface area (Å²) in [5, 5.41) is 5.66. The Hall–Kier alpha value is -3.10. The summed E-state index contributed by atoms with van der Waals surface area (Å²) in [6.45, 7) is 5.29. The second-order valence-electron chi connectivity index (χ2n) is 7.20. The average molecular weight is 406 g/mol. The SMILES string of the molecule is O=C(NCCCCN1CCOCC1)Nc1ccc2ncc(-c3ccccc3)nc2n1. The fourth-order valence-electron chi connectivity index (χ4n) is 3.36. The highest BCUT2D eigenvalue weighted by Gasteiger charge is 2.10. The number of carbonyl (C=O) groups is 1. The number of anilines is 1. The third-order valence-corrected chi connectivity index (χ3v) is 5.01. The highest BCUT2D eigenvalue weighted by Crippen LogP contribution is 2.19. The molecule has 0 unspecified atom stereocenters. The van der Waals surface area contributed by atoms with E-state index in [0.717, 1.165) is 56.9 Å². The molecule has 0 radical (unpaired) electrons. The van der Waals surface area contributed by atoms with Crippen LogP contribution in [-0.4, -0.2) is 65.3 Å². The van der Waals surface area contributed by atoms with E-state index in [2.05, 4.69) is 30.5 Å². The van der Waals surface area contributed by atoms with Gasteiger partial charge in [-0.1, -0.05) is 30.3 Å². The number of hydrogen-bond acceptors (Lipinski definition) is 6. The fourth-order valence-corrected chi connectivity index (χ4v) is 3.36. The molecule has 8 heteroatoms. The third-order valence-electron chi connectivity index (χ3n) is 5.01. The zero-order valence-electron chi connectivity index (χ0n) is 16.9. The molecule has 2 N–H and O–H groups in total. The monoisotopic (exact) mass is 406 g/mol. The first-order chi connectivity index (χ1) is 14.8. The van der Waals surface area contributed by atoms with Crippen molar-refractivity contribution in [2.75, 3.05) is 44.7 Å². The normalized spacial score (nSPS) is 14.5. The Kier molecular flexibility index (Phi) is 6.79. The van der Waals surface area contributed by atoms with E-state index in [1.54, 1.807) is 12.3 Å². The first-order valence-electron chi connectivity index (χ1n) is 10.3. The molecule has 1 saturated heterocycles. The molecule has 1 fully saturated rings. The Balaban J connectivity index is 1.28. The van der Waals surface area contributed by atoms with Gasteiger partial charge in [0.25, 0.3) is 0 Å². The number of benzene rings is 1. The number of ether oxygens (including phenoxy) is 1. The Morgan fingerprint density at radius 2 is 1.87 bits per heavy atom. The Morgan fingerprint density at radius 1 is 1.03 bits per heavy atom. The largest absolute Gasteiger partial charge is 0.379 e. The first kappa shape index (κ1) is 20.2. The maximum atomic E-state index is 12.2. The third kappa shape index (κ3) is 5.49. The van der Waals surface area contributed by atoms with Crippen molar-refractivity contribution in [3.8, 4) is 11.3 Å². The molecule has 4 rings (SSSR count). The van der Waals surface area contributed by atoms with Crippen molar-refractivity contribution in [3.05, 3.63) is 48.7 Å². The molecule has 8 nitrogen and oxygen atoms in total. The standard InChI is InChI=1S/C22H26N6O2/c29-22(23-10-4-5-11-28-12-14-30-15-13-28)27-20-9-8-18-21(26-20)25-19(16-24-18)17-6-2-1-3-7-17/h1-3,6-9,16H,4-5,10-15H2,(H2,23,25,26,27,29). The molecule has 0 aliphatic carbocycles. The van der Waals surface area contributed by atoms with Crippen LogP contribution >= 0.6 is 0 Å². The van der Waals surface area contributed by atoms with Gasteiger partial charge in [0.15, 0.2) is 5.65 Å². The predicted octanol–water partition coefficient (Wildman–Crippen LogP) is 2.93. The summed E-state index contributed by atoms with van der Waals surface area (Å²) in [5.41, 5.74) is 2.91. The van der Waals surface area contributed by atoms with Crippen LogP contribution in [0.25, 0.3) is 22.4 Å². The highest BCUT2D eigenvalue weighted by atomic mass is 16.5. The van der Waals surface area contributed by atoms with Gasteiger partial charge in [-0.2, -0.15) is 0 Å². The average Bonchev–Trinajstić information content (AvgIpc) is 2.79. The molecule has 156 valence electrons. The second-order valence-corrected chi connectivity index (χ2v) is 7.20. The number of rotatable bonds is 7. The molecular formula is C22H26N6O2.